The Balaban J connectivity index is 1.89. The molecule has 0 saturated carbocycles. The Labute approximate surface area is 175 Å². The second-order valence-corrected chi connectivity index (χ2v) is 10.7. The second kappa shape index (κ2) is 7.16. The van der Waals surface area contributed by atoms with Crippen LogP contribution in [-0.2, 0) is 17.8 Å². The summed E-state index contributed by atoms with van der Waals surface area (Å²) in [7, 11) is 0. The third-order valence-electron chi connectivity index (χ3n) is 5.07. The van der Waals surface area contributed by atoms with E-state index in [1.807, 2.05) is 0 Å². The van der Waals surface area contributed by atoms with Gasteiger partial charge in [0.2, 0.25) is 5.78 Å². The Hall–Kier alpha value is -1.36. The van der Waals surface area contributed by atoms with Crippen LogP contribution in [-0.4, -0.2) is 46.8 Å². The molecule has 0 N–H and O–H groups in total. The lowest BCUT2D eigenvalue weighted by molar-refractivity contribution is 0.00203. The first-order chi connectivity index (χ1) is 13.6. The third kappa shape index (κ3) is 2.68. The molecule has 1 aliphatic heterocycles. The van der Waals surface area contributed by atoms with Crippen molar-refractivity contribution in [1.29, 1.82) is 0 Å². The van der Waals surface area contributed by atoms with Crippen molar-refractivity contribution in [3.8, 4) is 0 Å². The highest BCUT2D eigenvalue weighted by atomic mass is 32.2. The zero-order valence-corrected chi connectivity index (χ0v) is 18.7. The molecule has 0 aliphatic carbocycles. The first-order valence-corrected chi connectivity index (χ1v) is 12.4. The normalized spacial score (nSPS) is 17.4. The predicted octanol–water partition coefficient (Wildman–Crippen LogP) is 4.31. The fourth-order valence-corrected chi connectivity index (χ4v) is 6.35. The van der Waals surface area contributed by atoms with Gasteiger partial charge in [0.1, 0.15) is 4.83 Å². The summed E-state index contributed by atoms with van der Waals surface area (Å²) in [5, 5.41) is 21.1. The van der Waals surface area contributed by atoms with Crippen molar-refractivity contribution in [2.45, 2.75) is 57.1 Å². The van der Waals surface area contributed by atoms with E-state index in [2.05, 4.69) is 56.9 Å². The number of hydrogen-bond acceptors (Lipinski definition) is 8. The molecule has 0 radical (unpaired) electrons. The summed E-state index contributed by atoms with van der Waals surface area (Å²) < 4.78 is 10.4. The van der Waals surface area contributed by atoms with Crippen LogP contribution in [0.25, 0.3) is 21.6 Å². The van der Waals surface area contributed by atoms with E-state index in [4.69, 9.17) is 4.74 Å². The quantitative estimate of drug-likeness (QED) is 0.434. The molecule has 0 fully saturated rings. The van der Waals surface area contributed by atoms with Crippen molar-refractivity contribution in [3.05, 3.63) is 10.4 Å². The highest BCUT2D eigenvalue weighted by Gasteiger charge is 2.30. The van der Waals surface area contributed by atoms with Crippen LogP contribution in [0.4, 0.5) is 0 Å². The second-order valence-electron chi connectivity index (χ2n) is 7.11. The Kier molecular flexibility index (Phi) is 4.77. The Morgan fingerprint density at radius 1 is 1.07 bits per heavy atom. The van der Waals surface area contributed by atoms with Crippen LogP contribution in [0.1, 0.15) is 38.1 Å². The number of thioether (sulfide) groups is 2. The van der Waals surface area contributed by atoms with Crippen molar-refractivity contribution in [2.24, 2.45) is 5.92 Å². The van der Waals surface area contributed by atoms with E-state index in [0.717, 1.165) is 44.5 Å². The minimum absolute atomic E-state index is 0.235. The number of hydrogen-bond donors (Lipinski definition) is 0. The van der Waals surface area contributed by atoms with E-state index < -0.39 is 0 Å². The summed E-state index contributed by atoms with van der Waals surface area (Å²) in [6.07, 6.45) is 1.15. The molecular formula is C18H22N6OS3. The van der Waals surface area contributed by atoms with Crippen LogP contribution in [0, 0.1) is 5.92 Å². The fraction of sp³-hybridized carbons (Fsp3) is 0.556. The van der Waals surface area contributed by atoms with E-state index in [1.54, 1.807) is 34.9 Å². The Bertz CT molecular complexity index is 1180. The molecule has 5 rings (SSSR count). The van der Waals surface area contributed by atoms with E-state index in [-0.39, 0.29) is 6.10 Å². The molecule has 148 valence electrons. The number of rotatable bonds is 5. The molecule has 1 atom stereocenters. The van der Waals surface area contributed by atoms with Gasteiger partial charge in [0, 0.05) is 11.3 Å². The molecule has 4 aromatic heterocycles. The minimum atomic E-state index is 0.235. The number of aromatic nitrogens is 6. The molecule has 0 spiro atoms. The molecule has 4 aromatic rings. The van der Waals surface area contributed by atoms with Crippen LogP contribution in [0.5, 0.6) is 0 Å². The highest BCUT2D eigenvalue weighted by Crippen LogP contribution is 2.41. The largest absolute Gasteiger partial charge is 0.372 e. The van der Waals surface area contributed by atoms with Crippen LogP contribution in [0.2, 0.25) is 0 Å². The Morgan fingerprint density at radius 2 is 1.79 bits per heavy atom. The van der Waals surface area contributed by atoms with Gasteiger partial charge in [0.05, 0.1) is 18.1 Å². The topological polar surface area (TPSA) is 69.6 Å². The average Bonchev–Trinajstić information content (AvgIpc) is 3.36. The van der Waals surface area contributed by atoms with Crippen molar-refractivity contribution in [1.82, 2.24) is 29.2 Å². The van der Waals surface area contributed by atoms with Gasteiger partial charge in [-0.1, -0.05) is 51.2 Å². The lowest BCUT2D eigenvalue weighted by Gasteiger charge is -2.26. The molecule has 0 amide bonds. The van der Waals surface area contributed by atoms with Crippen molar-refractivity contribution in [2.75, 3.05) is 11.5 Å². The van der Waals surface area contributed by atoms with E-state index >= 15 is 0 Å². The maximum atomic E-state index is 6.14. The van der Waals surface area contributed by atoms with Crippen molar-refractivity contribution >= 4 is 56.5 Å². The van der Waals surface area contributed by atoms with Crippen LogP contribution in [0.3, 0.4) is 0 Å². The standard InChI is InChI=1S/C18H22N6OS3/c1-5-26-17-21-19-14-13-10-7-11(9(3)4)25-8-12(10)28-15(13)24-16(23(14)17)20-22-18(24)27-6-2/h9,11H,5-8H2,1-4H3. The highest BCUT2D eigenvalue weighted by molar-refractivity contribution is 7.99. The summed E-state index contributed by atoms with van der Waals surface area (Å²) in [5.41, 5.74) is 2.25. The van der Waals surface area contributed by atoms with E-state index in [1.165, 1.54) is 15.8 Å². The summed E-state index contributed by atoms with van der Waals surface area (Å²) in [6, 6.07) is 0. The molecule has 7 nitrogen and oxygen atoms in total. The minimum Gasteiger partial charge on any atom is -0.372 e. The summed E-state index contributed by atoms with van der Waals surface area (Å²) in [6.45, 7) is 9.37. The molecule has 0 saturated heterocycles. The number of ether oxygens (including phenoxy) is 1. The summed E-state index contributed by atoms with van der Waals surface area (Å²) in [5.74, 6) is 3.15. The zero-order valence-electron chi connectivity index (χ0n) is 16.3. The first kappa shape index (κ1) is 18.7. The van der Waals surface area contributed by atoms with Gasteiger partial charge in [-0.2, -0.15) is 0 Å². The van der Waals surface area contributed by atoms with Gasteiger partial charge in [-0.15, -0.1) is 31.7 Å². The number of fused-ring (bicyclic) bond motifs is 8. The molecule has 0 bridgehead atoms. The van der Waals surface area contributed by atoms with Crippen LogP contribution in [0.15, 0.2) is 10.3 Å². The number of thiophene rings is 1. The molecule has 10 heteroatoms. The van der Waals surface area contributed by atoms with Crippen molar-refractivity contribution in [3.63, 3.8) is 0 Å². The van der Waals surface area contributed by atoms with Gasteiger partial charge in [-0.25, -0.2) is 8.80 Å². The van der Waals surface area contributed by atoms with Crippen molar-refractivity contribution < 1.29 is 4.74 Å². The molecule has 1 unspecified atom stereocenters. The maximum Gasteiger partial charge on any atom is 0.245 e. The first-order valence-electron chi connectivity index (χ1n) is 9.57. The van der Waals surface area contributed by atoms with Gasteiger partial charge in [0.25, 0.3) is 0 Å². The van der Waals surface area contributed by atoms with Crippen LogP contribution < -0.4 is 0 Å². The lowest BCUT2D eigenvalue weighted by Crippen LogP contribution is -2.26. The number of nitrogens with zero attached hydrogens (tertiary/aromatic N) is 6. The van der Waals surface area contributed by atoms with Gasteiger partial charge in [0.15, 0.2) is 16.0 Å². The predicted molar refractivity (Wildman–Crippen MR) is 115 cm³/mol. The third-order valence-corrected chi connectivity index (χ3v) is 7.89. The smallest absolute Gasteiger partial charge is 0.245 e. The van der Waals surface area contributed by atoms with E-state index in [9.17, 15) is 0 Å². The van der Waals surface area contributed by atoms with Gasteiger partial charge in [-0.05, 0) is 23.0 Å². The molecule has 0 aromatic carbocycles. The van der Waals surface area contributed by atoms with E-state index in [0.29, 0.717) is 12.5 Å². The molecule has 1 aliphatic rings. The van der Waals surface area contributed by atoms with Gasteiger partial charge in [-0.3, -0.25) is 0 Å². The average molecular weight is 435 g/mol. The molecular weight excluding hydrogens is 412 g/mol. The zero-order chi connectivity index (χ0) is 19.4. The monoisotopic (exact) mass is 434 g/mol. The van der Waals surface area contributed by atoms with Crippen LogP contribution >= 0.6 is 34.9 Å². The van der Waals surface area contributed by atoms with Gasteiger partial charge >= 0.3 is 0 Å². The SMILES string of the molecule is CCSc1nnc2c3c4c(sc3n3c(SCC)nnc3n12)COC(C(C)C)C4. The molecule has 28 heavy (non-hydrogen) atoms. The van der Waals surface area contributed by atoms with Gasteiger partial charge < -0.3 is 4.74 Å². The lowest BCUT2D eigenvalue weighted by atomic mass is 9.96. The molecule has 5 heterocycles. The Morgan fingerprint density at radius 3 is 2.50 bits per heavy atom. The summed E-state index contributed by atoms with van der Waals surface area (Å²) in [4.78, 5) is 2.44. The maximum absolute atomic E-state index is 6.14. The fourth-order valence-electron chi connectivity index (χ4n) is 3.73. The summed E-state index contributed by atoms with van der Waals surface area (Å²) >= 11 is 5.18.